The van der Waals surface area contributed by atoms with Crippen molar-refractivity contribution in [1.82, 2.24) is 10.3 Å². The van der Waals surface area contributed by atoms with E-state index in [9.17, 15) is 4.79 Å². The highest BCUT2D eigenvalue weighted by atomic mass is 32.1. The van der Waals surface area contributed by atoms with Crippen molar-refractivity contribution in [2.24, 2.45) is 11.1 Å². The first-order chi connectivity index (χ1) is 12.1. The predicted octanol–water partition coefficient (Wildman–Crippen LogP) is 4.29. The van der Waals surface area contributed by atoms with Crippen LogP contribution in [0.3, 0.4) is 0 Å². The fraction of sp³-hybridized carbons (Fsp3) is 0.500. The summed E-state index contributed by atoms with van der Waals surface area (Å²) in [5.41, 5.74) is 8.08. The van der Waals surface area contributed by atoms with E-state index in [1.807, 2.05) is 25.1 Å². The lowest BCUT2D eigenvalue weighted by atomic mass is 9.71. The van der Waals surface area contributed by atoms with Gasteiger partial charge in [0, 0.05) is 17.4 Å². The Kier molecular flexibility index (Phi) is 5.86. The number of carbonyl (C=O) groups excluding carboxylic acids is 1. The van der Waals surface area contributed by atoms with Crippen molar-refractivity contribution in [1.29, 1.82) is 0 Å². The summed E-state index contributed by atoms with van der Waals surface area (Å²) >= 11 is 1.59. The Morgan fingerprint density at radius 3 is 2.68 bits per heavy atom. The van der Waals surface area contributed by atoms with Crippen LogP contribution in [0.4, 0.5) is 0 Å². The first-order valence-corrected chi connectivity index (χ1v) is 10.0. The van der Waals surface area contributed by atoms with E-state index in [1.54, 1.807) is 11.3 Å². The van der Waals surface area contributed by atoms with Crippen LogP contribution in [0.5, 0.6) is 0 Å². The molecule has 1 amide bonds. The van der Waals surface area contributed by atoms with Gasteiger partial charge in [0.1, 0.15) is 5.01 Å². The van der Waals surface area contributed by atoms with E-state index < -0.39 is 0 Å². The minimum Gasteiger partial charge on any atom is -0.347 e. The third-order valence-electron chi connectivity index (χ3n) is 5.22. The second kappa shape index (κ2) is 8.11. The van der Waals surface area contributed by atoms with Gasteiger partial charge < -0.3 is 11.1 Å². The second-order valence-corrected chi connectivity index (χ2v) is 8.06. The van der Waals surface area contributed by atoms with Crippen LogP contribution in [0, 0.1) is 5.41 Å². The molecule has 0 spiro atoms. The maximum absolute atomic E-state index is 12.5. The summed E-state index contributed by atoms with van der Waals surface area (Å²) < 4.78 is 0. The Morgan fingerprint density at radius 2 is 2.00 bits per heavy atom. The molecule has 5 heteroatoms. The molecule has 1 unspecified atom stereocenters. The fourth-order valence-corrected chi connectivity index (χ4v) is 4.51. The van der Waals surface area contributed by atoms with E-state index in [1.165, 1.54) is 19.3 Å². The molecule has 25 heavy (non-hydrogen) atoms. The van der Waals surface area contributed by atoms with Gasteiger partial charge >= 0.3 is 0 Å². The van der Waals surface area contributed by atoms with Crippen LogP contribution >= 0.6 is 11.3 Å². The zero-order chi connectivity index (χ0) is 17.7. The number of rotatable bonds is 6. The molecule has 1 aromatic heterocycles. The van der Waals surface area contributed by atoms with Crippen LogP contribution < -0.4 is 11.1 Å². The van der Waals surface area contributed by atoms with Crippen LogP contribution in [0.25, 0.3) is 11.3 Å². The number of nitrogens with zero attached hydrogens (tertiary/aromatic N) is 1. The molecule has 0 saturated heterocycles. The molecule has 0 aliphatic heterocycles. The van der Waals surface area contributed by atoms with Crippen LogP contribution in [-0.2, 0) is 4.79 Å². The molecule has 4 nitrogen and oxygen atoms in total. The smallest absolute Gasteiger partial charge is 0.221 e. The highest BCUT2D eigenvalue weighted by Gasteiger charge is 2.33. The molecule has 3 rings (SSSR count). The van der Waals surface area contributed by atoms with E-state index >= 15 is 0 Å². The summed E-state index contributed by atoms with van der Waals surface area (Å²) in [6.45, 7) is 2.60. The highest BCUT2D eigenvalue weighted by molar-refractivity contribution is 7.10. The zero-order valence-corrected chi connectivity index (χ0v) is 15.6. The molecule has 1 heterocycles. The van der Waals surface area contributed by atoms with Gasteiger partial charge in [-0.15, -0.1) is 11.3 Å². The molecule has 0 bridgehead atoms. The normalized spacial score (nSPS) is 17.8. The average Bonchev–Trinajstić information content (AvgIpc) is 3.13. The Morgan fingerprint density at radius 1 is 1.28 bits per heavy atom. The van der Waals surface area contributed by atoms with Gasteiger partial charge in [-0.1, -0.05) is 49.6 Å². The van der Waals surface area contributed by atoms with Crippen LogP contribution in [0.15, 0.2) is 35.7 Å². The second-order valence-electron chi connectivity index (χ2n) is 7.17. The van der Waals surface area contributed by atoms with Gasteiger partial charge in [0.15, 0.2) is 0 Å². The van der Waals surface area contributed by atoms with Gasteiger partial charge in [-0.2, -0.15) is 0 Å². The van der Waals surface area contributed by atoms with E-state index in [4.69, 9.17) is 10.7 Å². The Hall–Kier alpha value is -1.72. The lowest BCUT2D eigenvalue weighted by Gasteiger charge is -2.35. The molecule has 1 aliphatic carbocycles. The average molecular weight is 358 g/mol. The van der Waals surface area contributed by atoms with Gasteiger partial charge in [0.25, 0.3) is 0 Å². The van der Waals surface area contributed by atoms with E-state index in [0.29, 0.717) is 13.0 Å². The number of aromatic nitrogens is 1. The maximum Gasteiger partial charge on any atom is 0.221 e. The molecular weight excluding hydrogens is 330 g/mol. The van der Waals surface area contributed by atoms with Crippen LogP contribution in [0.1, 0.15) is 56.5 Å². The first-order valence-electron chi connectivity index (χ1n) is 9.12. The standard InChI is InChI=1S/C20H27N3OS/c1-15(19-23-17(13-25-19)16-8-4-2-5-9-16)22-18(24)12-20(14-21)10-6-3-7-11-20/h2,4-5,8-9,13,15H,3,6-7,10-12,14,21H2,1H3,(H,22,24). The minimum atomic E-state index is -0.0756. The van der Waals surface area contributed by atoms with Gasteiger partial charge in [-0.25, -0.2) is 4.98 Å². The van der Waals surface area contributed by atoms with Gasteiger partial charge in [-0.05, 0) is 31.7 Å². The highest BCUT2D eigenvalue weighted by Crippen LogP contribution is 2.38. The van der Waals surface area contributed by atoms with Gasteiger partial charge in [0.2, 0.25) is 5.91 Å². The summed E-state index contributed by atoms with van der Waals surface area (Å²) in [4.78, 5) is 17.2. The van der Waals surface area contributed by atoms with Crippen molar-refractivity contribution in [2.75, 3.05) is 6.54 Å². The van der Waals surface area contributed by atoms with E-state index in [0.717, 1.165) is 29.1 Å². The van der Waals surface area contributed by atoms with Crippen molar-refractivity contribution < 1.29 is 4.79 Å². The lowest BCUT2D eigenvalue weighted by molar-refractivity contribution is -0.124. The van der Waals surface area contributed by atoms with Gasteiger partial charge in [0.05, 0.1) is 11.7 Å². The third-order valence-corrected chi connectivity index (χ3v) is 6.25. The Labute approximate surface area is 153 Å². The van der Waals surface area contributed by atoms with E-state index in [2.05, 4.69) is 22.8 Å². The summed E-state index contributed by atoms with van der Waals surface area (Å²) in [6.07, 6.45) is 6.31. The zero-order valence-electron chi connectivity index (χ0n) is 14.8. The number of benzene rings is 1. The van der Waals surface area contributed by atoms with Crippen molar-refractivity contribution >= 4 is 17.2 Å². The van der Waals surface area contributed by atoms with Crippen molar-refractivity contribution in [3.63, 3.8) is 0 Å². The van der Waals surface area contributed by atoms with E-state index in [-0.39, 0.29) is 17.4 Å². The molecule has 1 atom stereocenters. The predicted molar refractivity (Wildman–Crippen MR) is 103 cm³/mol. The van der Waals surface area contributed by atoms with Crippen molar-refractivity contribution in [3.8, 4) is 11.3 Å². The SMILES string of the molecule is CC(NC(=O)CC1(CN)CCCCC1)c1nc(-c2ccccc2)cs1. The summed E-state index contributed by atoms with van der Waals surface area (Å²) in [5.74, 6) is 0.0938. The number of amides is 1. The van der Waals surface area contributed by atoms with Crippen LogP contribution in [-0.4, -0.2) is 17.4 Å². The summed E-state index contributed by atoms with van der Waals surface area (Å²) in [7, 11) is 0. The minimum absolute atomic E-state index is 0.000130. The molecule has 3 N–H and O–H groups in total. The number of nitrogens with two attached hydrogens (primary N) is 1. The van der Waals surface area contributed by atoms with Crippen molar-refractivity contribution in [3.05, 3.63) is 40.7 Å². The number of carbonyl (C=O) groups is 1. The molecule has 1 aliphatic rings. The lowest BCUT2D eigenvalue weighted by Crippen LogP contribution is -2.39. The number of thiazole rings is 1. The third kappa shape index (κ3) is 4.47. The summed E-state index contributed by atoms with van der Waals surface area (Å²) in [6, 6.07) is 10.0. The Bertz CT molecular complexity index is 692. The van der Waals surface area contributed by atoms with Crippen molar-refractivity contribution in [2.45, 2.75) is 51.5 Å². The molecule has 0 radical (unpaired) electrons. The number of nitrogens with one attached hydrogen (secondary N) is 1. The quantitative estimate of drug-likeness (QED) is 0.810. The van der Waals surface area contributed by atoms with Gasteiger partial charge in [-0.3, -0.25) is 4.79 Å². The molecule has 1 fully saturated rings. The monoisotopic (exact) mass is 357 g/mol. The first kappa shape index (κ1) is 18.1. The fourth-order valence-electron chi connectivity index (χ4n) is 3.68. The molecule has 1 aromatic carbocycles. The topological polar surface area (TPSA) is 68.0 Å². The molecule has 134 valence electrons. The molecule has 2 aromatic rings. The number of hydrogen-bond acceptors (Lipinski definition) is 4. The molecular formula is C20H27N3OS. The maximum atomic E-state index is 12.5. The molecule has 1 saturated carbocycles. The largest absolute Gasteiger partial charge is 0.347 e. The number of hydrogen-bond donors (Lipinski definition) is 2. The van der Waals surface area contributed by atoms with Crippen LogP contribution in [0.2, 0.25) is 0 Å². The summed E-state index contributed by atoms with van der Waals surface area (Å²) in [5, 5.41) is 6.11. The Balaban J connectivity index is 1.61.